The summed E-state index contributed by atoms with van der Waals surface area (Å²) in [5.41, 5.74) is 1.30. The van der Waals surface area contributed by atoms with Crippen molar-refractivity contribution in [2.75, 3.05) is 19.6 Å². The van der Waals surface area contributed by atoms with Gasteiger partial charge in [-0.3, -0.25) is 4.90 Å². The normalized spacial score (nSPS) is 24.2. The van der Waals surface area contributed by atoms with E-state index in [1.165, 1.54) is 5.56 Å². The lowest BCUT2D eigenvalue weighted by molar-refractivity contribution is -0.138. The number of hydrogen-bond donors (Lipinski definition) is 1. The average Bonchev–Trinajstić information content (AvgIpc) is 2.37. The fourth-order valence-corrected chi connectivity index (χ4v) is 3.22. The summed E-state index contributed by atoms with van der Waals surface area (Å²) in [5, 5.41) is 3.60. The van der Waals surface area contributed by atoms with E-state index in [2.05, 4.69) is 75.2 Å². The minimum absolute atomic E-state index is 0.0808. The molecule has 1 heterocycles. The van der Waals surface area contributed by atoms with Crippen LogP contribution in [0.4, 0.5) is 0 Å². The van der Waals surface area contributed by atoms with Gasteiger partial charge in [0.05, 0.1) is 11.7 Å². The van der Waals surface area contributed by atoms with Crippen molar-refractivity contribution >= 4 is 0 Å². The first kappa shape index (κ1) is 16.5. The van der Waals surface area contributed by atoms with E-state index in [-0.39, 0.29) is 11.7 Å². The minimum atomic E-state index is -0.0808. The zero-order chi connectivity index (χ0) is 15.5. The molecule has 118 valence electrons. The van der Waals surface area contributed by atoms with Gasteiger partial charge in [0.15, 0.2) is 0 Å². The molecule has 1 aliphatic rings. The average molecular weight is 290 g/mol. The first-order valence-electron chi connectivity index (χ1n) is 8.07. The summed E-state index contributed by atoms with van der Waals surface area (Å²) in [6.45, 7) is 13.9. The third-order valence-electron chi connectivity index (χ3n) is 3.94. The Balaban J connectivity index is 2.18. The molecule has 1 aliphatic heterocycles. The Morgan fingerprint density at radius 3 is 2.52 bits per heavy atom. The second kappa shape index (κ2) is 6.91. The summed E-state index contributed by atoms with van der Waals surface area (Å²) >= 11 is 0. The van der Waals surface area contributed by atoms with Crippen molar-refractivity contribution < 1.29 is 4.74 Å². The van der Waals surface area contributed by atoms with E-state index in [0.717, 1.165) is 19.6 Å². The Kier molecular flexibility index (Phi) is 5.42. The predicted octanol–water partition coefficient (Wildman–Crippen LogP) is 3.23. The number of morpholine rings is 1. The molecule has 3 nitrogen and oxygen atoms in total. The zero-order valence-corrected chi connectivity index (χ0v) is 14.1. The van der Waals surface area contributed by atoms with Gasteiger partial charge in [0.2, 0.25) is 0 Å². The van der Waals surface area contributed by atoms with Gasteiger partial charge in [-0.15, -0.1) is 0 Å². The molecule has 2 unspecified atom stereocenters. The molecule has 1 aromatic rings. The largest absolute Gasteiger partial charge is 0.370 e. The quantitative estimate of drug-likeness (QED) is 0.901. The van der Waals surface area contributed by atoms with Crippen molar-refractivity contribution in [3.63, 3.8) is 0 Å². The van der Waals surface area contributed by atoms with Gasteiger partial charge in [-0.2, -0.15) is 0 Å². The van der Waals surface area contributed by atoms with E-state index >= 15 is 0 Å². The van der Waals surface area contributed by atoms with Gasteiger partial charge in [0, 0.05) is 31.7 Å². The van der Waals surface area contributed by atoms with Crippen LogP contribution in [0, 0.1) is 0 Å². The maximum Gasteiger partial charge on any atom is 0.0757 e. The summed E-state index contributed by atoms with van der Waals surface area (Å²) < 4.78 is 6.05. The fraction of sp³-hybridized carbons (Fsp3) is 0.667. The molecule has 0 spiro atoms. The summed E-state index contributed by atoms with van der Waals surface area (Å²) in [6, 6.07) is 11.7. The van der Waals surface area contributed by atoms with Crippen LogP contribution in [-0.2, 0) is 4.74 Å². The highest BCUT2D eigenvalue weighted by Crippen LogP contribution is 2.28. The monoisotopic (exact) mass is 290 g/mol. The molecule has 21 heavy (non-hydrogen) atoms. The summed E-state index contributed by atoms with van der Waals surface area (Å²) in [5.74, 6) is 0. The Morgan fingerprint density at radius 2 is 1.95 bits per heavy atom. The highest BCUT2D eigenvalue weighted by Gasteiger charge is 2.35. The molecule has 0 bridgehead atoms. The standard InChI is InChI=1S/C18H30N2O/c1-14(2)19-11-17(16-9-7-6-8-10-16)20-12-15(3)21-18(4,5)13-20/h6-10,14-15,17,19H,11-13H2,1-5H3. The van der Waals surface area contributed by atoms with Crippen molar-refractivity contribution in [1.29, 1.82) is 0 Å². The Hall–Kier alpha value is -0.900. The van der Waals surface area contributed by atoms with Gasteiger partial charge in [0.25, 0.3) is 0 Å². The fourth-order valence-electron chi connectivity index (χ4n) is 3.22. The van der Waals surface area contributed by atoms with Crippen LogP contribution in [0.3, 0.4) is 0 Å². The lowest BCUT2D eigenvalue weighted by Crippen LogP contribution is -2.54. The number of benzene rings is 1. The second-order valence-electron chi connectivity index (χ2n) is 7.11. The molecule has 1 fully saturated rings. The highest BCUT2D eigenvalue weighted by molar-refractivity contribution is 5.20. The summed E-state index contributed by atoms with van der Waals surface area (Å²) in [6.07, 6.45) is 0.277. The molecule has 2 atom stereocenters. The van der Waals surface area contributed by atoms with Gasteiger partial charge in [-0.05, 0) is 26.3 Å². The predicted molar refractivity (Wildman–Crippen MR) is 88.5 cm³/mol. The van der Waals surface area contributed by atoms with E-state index in [0.29, 0.717) is 12.1 Å². The second-order valence-corrected chi connectivity index (χ2v) is 7.11. The Labute approximate surface area is 129 Å². The molecule has 0 aliphatic carbocycles. The lowest BCUT2D eigenvalue weighted by atomic mass is 9.99. The Bertz CT molecular complexity index is 430. The van der Waals surface area contributed by atoms with Crippen molar-refractivity contribution in [1.82, 2.24) is 10.2 Å². The van der Waals surface area contributed by atoms with E-state index < -0.39 is 0 Å². The smallest absolute Gasteiger partial charge is 0.0757 e. The van der Waals surface area contributed by atoms with Crippen LogP contribution in [0.15, 0.2) is 30.3 Å². The summed E-state index contributed by atoms with van der Waals surface area (Å²) in [4.78, 5) is 2.57. The first-order valence-corrected chi connectivity index (χ1v) is 8.07. The molecule has 1 N–H and O–H groups in total. The van der Waals surface area contributed by atoms with E-state index in [1.807, 2.05) is 0 Å². The number of rotatable bonds is 5. The number of ether oxygens (including phenoxy) is 1. The molecular weight excluding hydrogens is 260 g/mol. The van der Waals surface area contributed by atoms with Crippen molar-refractivity contribution in [3.8, 4) is 0 Å². The zero-order valence-electron chi connectivity index (χ0n) is 14.1. The Morgan fingerprint density at radius 1 is 1.29 bits per heavy atom. The number of nitrogens with zero attached hydrogens (tertiary/aromatic N) is 1. The molecule has 0 radical (unpaired) electrons. The molecule has 3 heteroatoms. The maximum atomic E-state index is 6.05. The topological polar surface area (TPSA) is 24.5 Å². The number of hydrogen-bond acceptors (Lipinski definition) is 3. The van der Waals surface area contributed by atoms with Gasteiger partial charge < -0.3 is 10.1 Å². The van der Waals surface area contributed by atoms with Crippen molar-refractivity contribution in [2.24, 2.45) is 0 Å². The third kappa shape index (κ3) is 4.80. The molecule has 2 rings (SSSR count). The van der Waals surface area contributed by atoms with Gasteiger partial charge >= 0.3 is 0 Å². The first-order chi connectivity index (χ1) is 9.87. The molecular formula is C18H30N2O. The van der Waals surface area contributed by atoms with E-state index in [9.17, 15) is 0 Å². The van der Waals surface area contributed by atoms with Gasteiger partial charge in [0.1, 0.15) is 0 Å². The van der Waals surface area contributed by atoms with Crippen LogP contribution >= 0.6 is 0 Å². The van der Waals surface area contributed by atoms with Crippen molar-refractivity contribution in [3.05, 3.63) is 35.9 Å². The van der Waals surface area contributed by atoms with Crippen LogP contribution in [-0.4, -0.2) is 42.3 Å². The lowest BCUT2D eigenvalue weighted by Gasteiger charge is -2.45. The highest BCUT2D eigenvalue weighted by atomic mass is 16.5. The van der Waals surface area contributed by atoms with E-state index in [1.54, 1.807) is 0 Å². The van der Waals surface area contributed by atoms with Crippen LogP contribution in [0.2, 0.25) is 0 Å². The molecule has 1 aromatic carbocycles. The van der Waals surface area contributed by atoms with E-state index in [4.69, 9.17) is 4.74 Å². The van der Waals surface area contributed by atoms with Crippen LogP contribution < -0.4 is 5.32 Å². The minimum Gasteiger partial charge on any atom is -0.370 e. The van der Waals surface area contributed by atoms with Crippen LogP contribution in [0.25, 0.3) is 0 Å². The third-order valence-corrected chi connectivity index (χ3v) is 3.94. The molecule has 0 saturated carbocycles. The molecule has 0 aromatic heterocycles. The maximum absolute atomic E-state index is 6.05. The number of nitrogens with one attached hydrogen (secondary N) is 1. The SMILES string of the molecule is CC(C)NCC(c1ccccc1)N1CC(C)OC(C)(C)C1. The summed E-state index contributed by atoms with van der Waals surface area (Å²) in [7, 11) is 0. The van der Waals surface area contributed by atoms with Gasteiger partial charge in [-0.1, -0.05) is 44.2 Å². The molecule has 1 saturated heterocycles. The van der Waals surface area contributed by atoms with Crippen molar-refractivity contribution in [2.45, 2.75) is 58.4 Å². The van der Waals surface area contributed by atoms with Crippen LogP contribution in [0.5, 0.6) is 0 Å². The molecule has 0 amide bonds. The van der Waals surface area contributed by atoms with Gasteiger partial charge in [-0.25, -0.2) is 0 Å². The van der Waals surface area contributed by atoms with Crippen LogP contribution in [0.1, 0.15) is 46.2 Å².